The molecule has 0 aromatic heterocycles. The van der Waals surface area contributed by atoms with Gasteiger partial charge in [0, 0.05) is 5.56 Å². The third kappa shape index (κ3) is 2.86. The summed E-state index contributed by atoms with van der Waals surface area (Å²) in [5.74, 6) is -0.522. The number of carbonyl (C=O) groups excluding carboxylic acids is 1. The summed E-state index contributed by atoms with van der Waals surface area (Å²) in [6.45, 7) is 5.25. The first-order valence-electron chi connectivity index (χ1n) is 5.83. The van der Waals surface area contributed by atoms with Crippen LogP contribution >= 0.6 is 0 Å². The lowest BCUT2D eigenvalue weighted by molar-refractivity contribution is -0.0114. The molecule has 0 aliphatic carbocycles. The highest BCUT2D eigenvalue weighted by Gasteiger charge is 2.41. The summed E-state index contributed by atoms with van der Waals surface area (Å²) < 4.78 is 5.11. The van der Waals surface area contributed by atoms with Crippen LogP contribution in [0.2, 0.25) is 0 Å². The van der Waals surface area contributed by atoms with Crippen molar-refractivity contribution >= 4 is 5.91 Å². The molecule has 19 heavy (non-hydrogen) atoms. The Morgan fingerprint density at radius 2 is 2.21 bits per heavy atom. The van der Waals surface area contributed by atoms with Crippen molar-refractivity contribution in [3.8, 4) is 5.75 Å². The molecule has 0 saturated carbocycles. The number of amides is 1. The Kier molecular flexibility index (Phi) is 4.04. The number of phenols is 1. The Hall–Kier alpha value is -1.63. The summed E-state index contributed by atoms with van der Waals surface area (Å²) in [5.41, 5.74) is 0.242. The molecule has 4 atom stereocenters. The average molecular weight is 265 g/mol. The number of benzene rings is 1. The molecule has 4 N–H and O–H groups in total. The minimum absolute atomic E-state index is 0.0339. The fourth-order valence-electron chi connectivity index (χ4n) is 1.99. The van der Waals surface area contributed by atoms with Crippen LogP contribution in [0.1, 0.15) is 10.4 Å². The number of aromatic hydroxyl groups is 1. The van der Waals surface area contributed by atoms with Crippen LogP contribution in [0.3, 0.4) is 0 Å². The molecule has 1 fully saturated rings. The van der Waals surface area contributed by atoms with Gasteiger partial charge in [0.05, 0.1) is 18.8 Å². The fraction of sp³-hybridized carbons (Fsp3) is 0.385. The van der Waals surface area contributed by atoms with Crippen molar-refractivity contribution in [2.75, 3.05) is 6.61 Å². The van der Waals surface area contributed by atoms with Crippen LogP contribution in [0.5, 0.6) is 5.75 Å². The molecule has 1 aromatic carbocycles. The smallest absolute Gasteiger partial charge is 0.251 e. The number of hydrogen-bond acceptors (Lipinski definition) is 5. The van der Waals surface area contributed by atoms with Gasteiger partial charge in [-0.2, -0.15) is 0 Å². The summed E-state index contributed by atoms with van der Waals surface area (Å²) in [6.07, 6.45) is -2.79. The van der Waals surface area contributed by atoms with Crippen molar-refractivity contribution in [1.29, 1.82) is 0 Å². The summed E-state index contributed by atoms with van der Waals surface area (Å²) >= 11 is 0. The topological polar surface area (TPSA) is 99.0 Å². The number of rotatable bonds is 3. The quantitative estimate of drug-likeness (QED) is 0.580. The van der Waals surface area contributed by atoms with E-state index in [1.807, 2.05) is 0 Å². The van der Waals surface area contributed by atoms with Gasteiger partial charge in [-0.05, 0) is 25.1 Å². The van der Waals surface area contributed by atoms with Crippen LogP contribution in [0.4, 0.5) is 0 Å². The Bertz CT molecular complexity index is 464. The highest BCUT2D eigenvalue weighted by atomic mass is 16.5. The maximum absolute atomic E-state index is 11.9. The minimum atomic E-state index is -1.08. The van der Waals surface area contributed by atoms with Gasteiger partial charge in [0.15, 0.2) is 0 Å². The monoisotopic (exact) mass is 265 g/mol. The van der Waals surface area contributed by atoms with E-state index >= 15 is 0 Å². The average Bonchev–Trinajstić information content (AvgIpc) is 2.66. The molecule has 6 nitrogen and oxygen atoms in total. The van der Waals surface area contributed by atoms with E-state index in [4.69, 9.17) is 16.8 Å². The number of nitrogens with one attached hydrogen (secondary N) is 1. The molecule has 1 unspecified atom stereocenters. The molecule has 1 saturated heterocycles. The summed E-state index contributed by atoms with van der Waals surface area (Å²) in [7, 11) is 0. The number of aliphatic hydroxyl groups excluding tert-OH is 2. The first kappa shape index (κ1) is 13.8. The van der Waals surface area contributed by atoms with Gasteiger partial charge in [-0.15, -0.1) is 0 Å². The molecular weight excluding hydrogens is 250 g/mol. The molecule has 1 heterocycles. The van der Waals surface area contributed by atoms with Gasteiger partial charge in [0.2, 0.25) is 0 Å². The molecule has 1 aromatic rings. The molecule has 1 aliphatic heterocycles. The van der Waals surface area contributed by atoms with Crippen molar-refractivity contribution in [2.45, 2.75) is 24.4 Å². The third-order valence-corrected chi connectivity index (χ3v) is 3.02. The number of aliphatic hydroxyl groups is 2. The molecule has 102 valence electrons. The van der Waals surface area contributed by atoms with Gasteiger partial charge >= 0.3 is 0 Å². The maximum Gasteiger partial charge on any atom is 0.251 e. The van der Waals surface area contributed by atoms with E-state index in [1.54, 1.807) is 0 Å². The standard InChI is InChI=1S/C13H15NO5/c1-7-11(12(17)10(6-15)19-7)14-13(18)8-3-2-4-9(16)5-8/h1-5,7,10-12,15-17H,6H2,(H,14,18)/t7-,10+,11?,12-/m0/s1. The summed E-state index contributed by atoms with van der Waals surface area (Å²) in [5, 5.41) is 30.6. The van der Waals surface area contributed by atoms with Crippen molar-refractivity contribution < 1.29 is 24.9 Å². The van der Waals surface area contributed by atoms with Gasteiger partial charge in [0.1, 0.15) is 18.0 Å². The SMILES string of the molecule is [CH][C@@H]1O[C@H](CO)[C@H](O)C1NC(=O)c1cccc(O)c1. The van der Waals surface area contributed by atoms with Crippen LogP contribution in [0.25, 0.3) is 0 Å². The molecule has 6 heteroatoms. The van der Waals surface area contributed by atoms with E-state index in [2.05, 4.69) is 5.32 Å². The molecular formula is C13H15NO5. The Morgan fingerprint density at radius 3 is 2.79 bits per heavy atom. The van der Waals surface area contributed by atoms with Crippen molar-refractivity contribution in [3.63, 3.8) is 0 Å². The molecule has 2 rings (SSSR count). The van der Waals surface area contributed by atoms with Gasteiger partial charge in [-0.25, -0.2) is 0 Å². The summed E-state index contributed by atoms with van der Waals surface area (Å²) in [4.78, 5) is 11.9. The number of hydrogen-bond donors (Lipinski definition) is 4. The van der Waals surface area contributed by atoms with Crippen molar-refractivity contribution in [2.24, 2.45) is 0 Å². The van der Waals surface area contributed by atoms with Crippen molar-refractivity contribution in [3.05, 3.63) is 36.8 Å². The highest BCUT2D eigenvalue weighted by Crippen LogP contribution is 2.21. The van der Waals surface area contributed by atoms with Gasteiger partial charge in [-0.1, -0.05) is 6.07 Å². The predicted octanol–water partition coefficient (Wildman–Crippen LogP) is -0.678. The van der Waals surface area contributed by atoms with Crippen LogP contribution < -0.4 is 5.32 Å². The fourth-order valence-corrected chi connectivity index (χ4v) is 1.99. The van der Waals surface area contributed by atoms with Crippen LogP contribution in [-0.4, -0.2) is 52.2 Å². The highest BCUT2D eigenvalue weighted by molar-refractivity contribution is 5.94. The van der Waals surface area contributed by atoms with E-state index in [-0.39, 0.29) is 17.9 Å². The Labute approximate surface area is 110 Å². The van der Waals surface area contributed by atoms with Crippen LogP contribution in [-0.2, 0) is 4.74 Å². The van der Waals surface area contributed by atoms with Crippen LogP contribution in [0.15, 0.2) is 24.3 Å². The molecule has 1 aliphatic rings. The van der Waals surface area contributed by atoms with Gasteiger partial charge in [0.25, 0.3) is 5.91 Å². The first-order valence-corrected chi connectivity index (χ1v) is 5.83. The van der Waals surface area contributed by atoms with E-state index in [9.17, 15) is 15.0 Å². The summed E-state index contributed by atoms with van der Waals surface area (Å²) in [6, 6.07) is 4.98. The predicted molar refractivity (Wildman–Crippen MR) is 65.4 cm³/mol. The number of phenolic OH excluding ortho intramolecular Hbond substituents is 1. The molecule has 0 bridgehead atoms. The Morgan fingerprint density at radius 1 is 1.47 bits per heavy atom. The lowest BCUT2D eigenvalue weighted by Gasteiger charge is -2.19. The molecule has 0 spiro atoms. The minimum Gasteiger partial charge on any atom is -0.508 e. The van der Waals surface area contributed by atoms with Gasteiger partial charge < -0.3 is 25.4 Å². The lowest BCUT2D eigenvalue weighted by atomic mass is 10.0. The molecule has 1 amide bonds. The third-order valence-electron chi connectivity index (χ3n) is 3.02. The molecule has 2 radical (unpaired) electrons. The van der Waals surface area contributed by atoms with Crippen molar-refractivity contribution in [1.82, 2.24) is 5.32 Å². The number of carbonyl (C=O) groups is 1. The zero-order valence-electron chi connectivity index (χ0n) is 10.1. The maximum atomic E-state index is 11.9. The van der Waals surface area contributed by atoms with E-state index in [0.717, 1.165) is 0 Å². The van der Waals surface area contributed by atoms with E-state index in [1.165, 1.54) is 24.3 Å². The van der Waals surface area contributed by atoms with Crippen LogP contribution in [0, 0.1) is 6.92 Å². The zero-order valence-corrected chi connectivity index (χ0v) is 10.1. The number of ether oxygens (including phenoxy) is 1. The second-order valence-corrected chi connectivity index (χ2v) is 4.36. The lowest BCUT2D eigenvalue weighted by Crippen LogP contribution is -2.47. The zero-order chi connectivity index (χ0) is 14.0. The Balaban J connectivity index is 2.07. The largest absolute Gasteiger partial charge is 0.508 e. The normalized spacial score (nSPS) is 30.3. The second kappa shape index (κ2) is 5.56. The van der Waals surface area contributed by atoms with E-state index in [0.29, 0.717) is 0 Å². The second-order valence-electron chi connectivity index (χ2n) is 4.36. The first-order chi connectivity index (χ1) is 9.02. The van der Waals surface area contributed by atoms with E-state index < -0.39 is 30.3 Å². The van der Waals surface area contributed by atoms with Gasteiger partial charge in [-0.3, -0.25) is 4.79 Å².